The molecule has 0 aliphatic heterocycles. The smallest absolute Gasteiger partial charge is 0.338 e. The SMILES string of the molecule is CC(C)COC(=O)c1ccc(NC(=O)C=Cc2cccc(Cl)c2)cc1. The van der Waals surface area contributed by atoms with E-state index in [0.717, 1.165) is 5.56 Å². The van der Waals surface area contributed by atoms with Crippen molar-refractivity contribution in [2.75, 3.05) is 11.9 Å². The number of esters is 1. The van der Waals surface area contributed by atoms with Gasteiger partial charge < -0.3 is 10.1 Å². The highest BCUT2D eigenvalue weighted by atomic mass is 35.5. The van der Waals surface area contributed by atoms with E-state index in [1.54, 1.807) is 42.5 Å². The fraction of sp³-hybridized carbons (Fsp3) is 0.200. The Morgan fingerprint density at radius 2 is 1.88 bits per heavy atom. The third-order valence-electron chi connectivity index (χ3n) is 3.21. The molecule has 0 atom stereocenters. The third-order valence-corrected chi connectivity index (χ3v) is 3.45. The maximum Gasteiger partial charge on any atom is 0.338 e. The second-order valence-corrected chi connectivity index (χ2v) is 6.38. The van der Waals surface area contributed by atoms with E-state index in [-0.39, 0.29) is 17.8 Å². The number of hydrogen-bond donors (Lipinski definition) is 1. The number of carbonyl (C=O) groups excluding carboxylic acids is 2. The molecule has 5 heteroatoms. The topological polar surface area (TPSA) is 55.4 Å². The van der Waals surface area contributed by atoms with Crippen molar-refractivity contribution in [1.82, 2.24) is 0 Å². The zero-order valence-electron chi connectivity index (χ0n) is 14.2. The van der Waals surface area contributed by atoms with E-state index in [1.807, 2.05) is 26.0 Å². The molecule has 0 radical (unpaired) electrons. The second kappa shape index (κ2) is 9.04. The van der Waals surface area contributed by atoms with Crippen molar-refractivity contribution in [3.05, 3.63) is 70.8 Å². The molecular weight excluding hydrogens is 338 g/mol. The van der Waals surface area contributed by atoms with Gasteiger partial charge in [-0.1, -0.05) is 37.6 Å². The predicted octanol–water partition coefficient (Wildman–Crippen LogP) is 4.80. The Bertz CT molecular complexity index is 767. The Morgan fingerprint density at radius 3 is 2.52 bits per heavy atom. The van der Waals surface area contributed by atoms with E-state index in [1.165, 1.54) is 6.08 Å². The minimum absolute atomic E-state index is 0.268. The lowest BCUT2D eigenvalue weighted by Gasteiger charge is -2.08. The number of carbonyl (C=O) groups is 2. The van der Waals surface area contributed by atoms with Crippen LogP contribution in [0, 0.1) is 5.92 Å². The summed E-state index contributed by atoms with van der Waals surface area (Å²) in [6.45, 7) is 4.33. The third kappa shape index (κ3) is 6.43. The Labute approximate surface area is 152 Å². The van der Waals surface area contributed by atoms with Crippen molar-refractivity contribution in [3.63, 3.8) is 0 Å². The Hall–Kier alpha value is -2.59. The van der Waals surface area contributed by atoms with E-state index in [2.05, 4.69) is 5.32 Å². The number of anilines is 1. The maximum absolute atomic E-state index is 11.9. The van der Waals surface area contributed by atoms with Crippen LogP contribution in [-0.2, 0) is 9.53 Å². The Kier molecular flexibility index (Phi) is 6.78. The molecule has 0 aliphatic rings. The van der Waals surface area contributed by atoms with Crippen LogP contribution in [0.15, 0.2) is 54.6 Å². The van der Waals surface area contributed by atoms with Gasteiger partial charge >= 0.3 is 5.97 Å². The van der Waals surface area contributed by atoms with Crippen molar-refractivity contribution in [1.29, 1.82) is 0 Å². The van der Waals surface area contributed by atoms with E-state index >= 15 is 0 Å². The second-order valence-electron chi connectivity index (χ2n) is 5.95. The Balaban J connectivity index is 1.92. The minimum atomic E-state index is -0.368. The molecule has 0 heterocycles. The fourth-order valence-corrected chi connectivity index (χ4v) is 2.18. The van der Waals surface area contributed by atoms with Gasteiger partial charge in [0.25, 0.3) is 0 Å². The lowest BCUT2D eigenvalue weighted by molar-refractivity contribution is -0.111. The normalized spacial score (nSPS) is 10.9. The molecule has 2 aromatic rings. The van der Waals surface area contributed by atoms with Crippen LogP contribution in [0.5, 0.6) is 0 Å². The van der Waals surface area contributed by atoms with Crippen LogP contribution < -0.4 is 5.32 Å². The summed E-state index contributed by atoms with van der Waals surface area (Å²) >= 11 is 5.90. The maximum atomic E-state index is 11.9. The molecule has 25 heavy (non-hydrogen) atoms. The van der Waals surface area contributed by atoms with Crippen LogP contribution in [0.1, 0.15) is 29.8 Å². The average molecular weight is 358 g/mol. The summed E-state index contributed by atoms with van der Waals surface area (Å²) in [6, 6.07) is 13.8. The first-order chi connectivity index (χ1) is 11.9. The molecule has 0 saturated carbocycles. The molecule has 4 nitrogen and oxygen atoms in total. The van der Waals surface area contributed by atoms with Crippen molar-refractivity contribution >= 4 is 35.2 Å². The van der Waals surface area contributed by atoms with Crippen LogP contribution >= 0.6 is 11.6 Å². The zero-order valence-corrected chi connectivity index (χ0v) is 14.9. The standard InChI is InChI=1S/C20H20ClNO3/c1-14(2)13-25-20(24)16-7-9-18(10-8-16)22-19(23)11-6-15-4-3-5-17(21)12-15/h3-12,14H,13H2,1-2H3,(H,22,23). The molecule has 2 rings (SSSR count). The first kappa shape index (κ1) is 18.7. The van der Waals surface area contributed by atoms with Crippen LogP contribution in [-0.4, -0.2) is 18.5 Å². The summed E-state index contributed by atoms with van der Waals surface area (Å²) in [5.74, 6) is -0.351. The van der Waals surface area contributed by atoms with Gasteiger partial charge in [0.05, 0.1) is 12.2 Å². The van der Waals surface area contributed by atoms with Gasteiger partial charge in [-0.15, -0.1) is 0 Å². The highest BCUT2D eigenvalue weighted by Gasteiger charge is 2.08. The number of amides is 1. The summed E-state index contributed by atoms with van der Waals surface area (Å²) in [5.41, 5.74) is 1.89. The molecule has 0 aliphatic carbocycles. The molecule has 1 amide bonds. The first-order valence-corrected chi connectivity index (χ1v) is 8.33. The van der Waals surface area contributed by atoms with Crippen molar-refractivity contribution in [2.24, 2.45) is 5.92 Å². The molecular formula is C20H20ClNO3. The van der Waals surface area contributed by atoms with Gasteiger partial charge in [-0.05, 0) is 54.0 Å². The molecule has 2 aromatic carbocycles. The molecule has 0 bridgehead atoms. The number of rotatable bonds is 6. The lowest BCUT2D eigenvalue weighted by Crippen LogP contribution is -2.11. The monoisotopic (exact) mass is 357 g/mol. The predicted molar refractivity (Wildman–Crippen MR) is 101 cm³/mol. The van der Waals surface area contributed by atoms with E-state index in [9.17, 15) is 9.59 Å². The lowest BCUT2D eigenvalue weighted by atomic mass is 10.2. The number of nitrogens with one attached hydrogen (secondary N) is 1. The van der Waals surface area contributed by atoms with Crippen LogP contribution in [0.25, 0.3) is 6.08 Å². The van der Waals surface area contributed by atoms with Crippen LogP contribution in [0.3, 0.4) is 0 Å². The molecule has 0 unspecified atom stereocenters. The average Bonchev–Trinajstić information content (AvgIpc) is 2.58. The van der Waals surface area contributed by atoms with Crippen LogP contribution in [0.2, 0.25) is 5.02 Å². The van der Waals surface area contributed by atoms with Crippen molar-refractivity contribution in [3.8, 4) is 0 Å². The number of halogens is 1. The number of ether oxygens (including phenoxy) is 1. The molecule has 0 fully saturated rings. The molecule has 1 N–H and O–H groups in total. The van der Waals surface area contributed by atoms with E-state index < -0.39 is 0 Å². The van der Waals surface area contributed by atoms with Gasteiger partial charge in [-0.2, -0.15) is 0 Å². The summed E-state index contributed by atoms with van der Waals surface area (Å²) in [4.78, 5) is 23.8. The van der Waals surface area contributed by atoms with Crippen LogP contribution in [0.4, 0.5) is 5.69 Å². The van der Waals surface area contributed by atoms with Gasteiger partial charge in [0, 0.05) is 16.8 Å². The van der Waals surface area contributed by atoms with Crippen molar-refractivity contribution in [2.45, 2.75) is 13.8 Å². The molecule has 130 valence electrons. The number of hydrogen-bond acceptors (Lipinski definition) is 3. The van der Waals surface area contributed by atoms with Gasteiger partial charge in [-0.3, -0.25) is 4.79 Å². The molecule has 0 spiro atoms. The minimum Gasteiger partial charge on any atom is -0.462 e. The number of benzene rings is 2. The first-order valence-electron chi connectivity index (χ1n) is 7.96. The molecule has 0 saturated heterocycles. The van der Waals surface area contributed by atoms with Gasteiger partial charge in [-0.25, -0.2) is 4.79 Å². The van der Waals surface area contributed by atoms with Crippen molar-refractivity contribution < 1.29 is 14.3 Å². The van der Waals surface area contributed by atoms with Gasteiger partial charge in [0.2, 0.25) is 5.91 Å². The summed E-state index contributed by atoms with van der Waals surface area (Å²) in [5, 5.41) is 3.35. The largest absolute Gasteiger partial charge is 0.462 e. The quantitative estimate of drug-likeness (QED) is 0.596. The highest BCUT2D eigenvalue weighted by molar-refractivity contribution is 6.30. The fourth-order valence-electron chi connectivity index (χ4n) is 1.98. The van der Waals surface area contributed by atoms with E-state index in [4.69, 9.17) is 16.3 Å². The zero-order chi connectivity index (χ0) is 18.2. The van der Waals surface area contributed by atoms with Gasteiger partial charge in [0.1, 0.15) is 0 Å². The summed E-state index contributed by atoms with van der Waals surface area (Å²) < 4.78 is 5.16. The highest BCUT2D eigenvalue weighted by Crippen LogP contribution is 2.13. The Morgan fingerprint density at radius 1 is 1.16 bits per heavy atom. The summed E-state index contributed by atoms with van der Waals surface area (Å²) in [7, 11) is 0. The van der Waals surface area contributed by atoms with E-state index in [0.29, 0.717) is 22.9 Å². The van der Waals surface area contributed by atoms with Gasteiger partial charge in [0.15, 0.2) is 0 Å². The summed E-state index contributed by atoms with van der Waals surface area (Å²) in [6.07, 6.45) is 3.11. The molecule has 0 aromatic heterocycles.